The number of nitrogens with two attached hydrogens (primary N) is 1. The first-order valence-electron chi connectivity index (χ1n) is 7.49. The van der Waals surface area contributed by atoms with Gasteiger partial charge in [-0.3, -0.25) is 19.3 Å². The van der Waals surface area contributed by atoms with E-state index in [1.54, 1.807) is 0 Å². The van der Waals surface area contributed by atoms with Gasteiger partial charge in [-0.1, -0.05) is 19.3 Å². The molecule has 0 aromatic carbocycles. The maximum Gasteiger partial charge on any atom is 0.258 e. The number of amides is 3. The van der Waals surface area contributed by atoms with Crippen LogP contribution in [0.25, 0.3) is 0 Å². The Hall–Kier alpha value is -1.65. The molecule has 0 atom stereocenters. The summed E-state index contributed by atoms with van der Waals surface area (Å²) in [4.78, 5) is 38.4. The normalized spacial score (nSPS) is 25.9. The van der Waals surface area contributed by atoms with E-state index in [0.29, 0.717) is 36.8 Å². The number of hydrogen-bond acceptors (Lipinski definition) is 3. The molecule has 20 heavy (non-hydrogen) atoms. The predicted octanol–water partition coefficient (Wildman–Crippen LogP) is 1.41. The lowest BCUT2D eigenvalue weighted by Gasteiger charge is -2.40. The van der Waals surface area contributed by atoms with E-state index in [1.165, 1.54) is 4.90 Å². The fourth-order valence-electron chi connectivity index (χ4n) is 3.85. The minimum Gasteiger partial charge on any atom is -0.368 e. The van der Waals surface area contributed by atoms with Crippen LogP contribution in [-0.2, 0) is 14.4 Å². The van der Waals surface area contributed by atoms with E-state index in [4.69, 9.17) is 5.73 Å². The summed E-state index contributed by atoms with van der Waals surface area (Å²) < 4.78 is 0. The van der Waals surface area contributed by atoms with Crippen LogP contribution in [0.15, 0.2) is 11.1 Å². The molecule has 1 fully saturated rings. The van der Waals surface area contributed by atoms with Gasteiger partial charge in [0.15, 0.2) is 0 Å². The Bertz CT molecular complexity index is 487. The molecule has 0 spiro atoms. The topological polar surface area (TPSA) is 80.5 Å². The molecule has 0 saturated heterocycles. The van der Waals surface area contributed by atoms with Crippen LogP contribution in [0.4, 0.5) is 0 Å². The Morgan fingerprint density at radius 1 is 0.900 bits per heavy atom. The van der Waals surface area contributed by atoms with Gasteiger partial charge in [-0.15, -0.1) is 0 Å². The number of nitrogens with zero attached hydrogens (tertiary/aromatic N) is 1. The highest BCUT2D eigenvalue weighted by molar-refractivity contribution is 6.21. The number of carbonyl (C=O) groups is 3. The van der Waals surface area contributed by atoms with Gasteiger partial charge in [0.05, 0.1) is 0 Å². The van der Waals surface area contributed by atoms with Gasteiger partial charge < -0.3 is 5.73 Å². The second-order valence-electron chi connectivity index (χ2n) is 6.07. The van der Waals surface area contributed by atoms with Crippen LogP contribution < -0.4 is 5.73 Å². The molecule has 5 nitrogen and oxygen atoms in total. The van der Waals surface area contributed by atoms with Crippen molar-refractivity contribution in [2.24, 2.45) is 5.73 Å². The highest BCUT2D eigenvalue weighted by Gasteiger charge is 2.53. The maximum absolute atomic E-state index is 12.6. The smallest absolute Gasteiger partial charge is 0.258 e. The number of hydrogen-bond donors (Lipinski definition) is 1. The minimum absolute atomic E-state index is 0.259. The highest BCUT2D eigenvalue weighted by Crippen LogP contribution is 2.41. The van der Waals surface area contributed by atoms with Crippen LogP contribution in [0, 0.1) is 0 Å². The number of primary amides is 1. The quantitative estimate of drug-likeness (QED) is 0.774. The molecule has 3 amide bonds. The molecule has 2 N–H and O–H groups in total. The molecule has 1 saturated carbocycles. The van der Waals surface area contributed by atoms with E-state index < -0.39 is 11.4 Å². The Labute approximate surface area is 118 Å². The molecule has 108 valence electrons. The molecule has 0 unspecified atom stereocenters. The largest absolute Gasteiger partial charge is 0.368 e. The van der Waals surface area contributed by atoms with Crippen molar-refractivity contribution in [3.8, 4) is 0 Å². The molecule has 0 radical (unpaired) electrons. The van der Waals surface area contributed by atoms with Crippen LogP contribution >= 0.6 is 0 Å². The molecule has 3 aliphatic rings. The molecule has 1 heterocycles. The summed E-state index contributed by atoms with van der Waals surface area (Å²) in [5.41, 5.74) is 5.78. The molecular formula is C15H20N2O3. The molecule has 5 heteroatoms. The van der Waals surface area contributed by atoms with Crippen LogP contribution in [-0.4, -0.2) is 28.2 Å². The Morgan fingerprint density at radius 3 is 1.85 bits per heavy atom. The van der Waals surface area contributed by atoms with Crippen molar-refractivity contribution in [3.63, 3.8) is 0 Å². The molecule has 0 bridgehead atoms. The first kappa shape index (κ1) is 13.3. The van der Waals surface area contributed by atoms with Gasteiger partial charge in [-0.2, -0.15) is 0 Å². The standard InChI is InChI=1S/C15H20N2O3/c16-14(20)15(8-4-1-5-9-15)17-12(18)10-6-2-3-7-11(10)13(17)19/h1-9H2,(H2,16,20). The van der Waals surface area contributed by atoms with Crippen molar-refractivity contribution in [2.45, 2.75) is 63.3 Å². The summed E-state index contributed by atoms with van der Waals surface area (Å²) >= 11 is 0. The molecule has 0 aromatic heterocycles. The van der Waals surface area contributed by atoms with E-state index in [1.807, 2.05) is 0 Å². The van der Waals surface area contributed by atoms with Gasteiger partial charge in [-0.25, -0.2) is 0 Å². The van der Waals surface area contributed by atoms with Crippen LogP contribution in [0.1, 0.15) is 57.8 Å². The summed E-state index contributed by atoms with van der Waals surface area (Å²) in [5.74, 6) is -1.05. The first-order chi connectivity index (χ1) is 9.58. The zero-order valence-electron chi connectivity index (χ0n) is 11.6. The third-order valence-corrected chi connectivity index (χ3v) is 4.96. The SMILES string of the molecule is NC(=O)C1(N2C(=O)C3=C(CCCC3)C2=O)CCCCC1. The minimum atomic E-state index is -1.08. The van der Waals surface area contributed by atoms with Crippen molar-refractivity contribution in [1.82, 2.24) is 4.90 Å². The fraction of sp³-hybridized carbons (Fsp3) is 0.667. The third kappa shape index (κ3) is 1.72. The van der Waals surface area contributed by atoms with Crippen molar-refractivity contribution in [3.05, 3.63) is 11.1 Å². The number of carbonyl (C=O) groups excluding carboxylic acids is 3. The molecular weight excluding hydrogens is 256 g/mol. The highest BCUT2D eigenvalue weighted by atomic mass is 16.2. The average Bonchev–Trinajstić information content (AvgIpc) is 2.72. The lowest BCUT2D eigenvalue weighted by atomic mass is 9.79. The lowest BCUT2D eigenvalue weighted by molar-refractivity contribution is -0.154. The zero-order chi connectivity index (χ0) is 14.3. The first-order valence-corrected chi connectivity index (χ1v) is 7.49. The van der Waals surface area contributed by atoms with E-state index >= 15 is 0 Å². The number of rotatable bonds is 2. The van der Waals surface area contributed by atoms with Gasteiger partial charge in [-0.05, 0) is 38.5 Å². The Kier molecular flexibility index (Phi) is 3.15. The summed E-state index contributed by atoms with van der Waals surface area (Å²) in [5, 5.41) is 0. The Morgan fingerprint density at radius 2 is 1.40 bits per heavy atom. The van der Waals surface area contributed by atoms with Crippen molar-refractivity contribution in [2.75, 3.05) is 0 Å². The molecule has 3 rings (SSSR count). The summed E-state index contributed by atoms with van der Waals surface area (Å²) in [6.45, 7) is 0. The van der Waals surface area contributed by atoms with Crippen molar-refractivity contribution < 1.29 is 14.4 Å². The lowest BCUT2D eigenvalue weighted by Crippen LogP contribution is -2.61. The second kappa shape index (κ2) is 4.72. The summed E-state index contributed by atoms with van der Waals surface area (Å²) in [6.07, 6.45) is 6.93. The van der Waals surface area contributed by atoms with Crippen LogP contribution in [0.2, 0.25) is 0 Å². The number of imide groups is 1. The van der Waals surface area contributed by atoms with E-state index in [0.717, 1.165) is 32.1 Å². The molecule has 0 aromatic rings. The van der Waals surface area contributed by atoms with Gasteiger partial charge in [0.25, 0.3) is 11.8 Å². The van der Waals surface area contributed by atoms with Gasteiger partial charge >= 0.3 is 0 Å². The van der Waals surface area contributed by atoms with Crippen LogP contribution in [0.3, 0.4) is 0 Å². The monoisotopic (exact) mass is 276 g/mol. The van der Waals surface area contributed by atoms with E-state index in [2.05, 4.69) is 0 Å². The van der Waals surface area contributed by atoms with Gasteiger partial charge in [0, 0.05) is 11.1 Å². The second-order valence-corrected chi connectivity index (χ2v) is 6.07. The van der Waals surface area contributed by atoms with E-state index in [9.17, 15) is 14.4 Å². The molecule has 1 aliphatic heterocycles. The molecule has 2 aliphatic carbocycles. The van der Waals surface area contributed by atoms with Crippen LogP contribution in [0.5, 0.6) is 0 Å². The van der Waals surface area contributed by atoms with Crippen molar-refractivity contribution in [1.29, 1.82) is 0 Å². The van der Waals surface area contributed by atoms with Gasteiger partial charge in [0.2, 0.25) is 5.91 Å². The predicted molar refractivity (Wildman–Crippen MR) is 72.4 cm³/mol. The summed E-state index contributed by atoms with van der Waals surface area (Å²) in [7, 11) is 0. The third-order valence-electron chi connectivity index (χ3n) is 4.96. The maximum atomic E-state index is 12.6. The fourth-order valence-corrected chi connectivity index (χ4v) is 3.85. The summed E-state index contributed by atoms with van der Waals surface area (Å²) in [6, 6.07) is 0. The van der Waals surface area contributed by atoms with Gasteiger partial charge in [0.1, 0.15) is 5.54 Å². The van der Waals surface area contributed by atoms with Crippen molar-refractivity contribution >= 4 is 17.7 Å². The van der Waals surface area contributed by atoms with E-state index in [-0.39, 0.29) is 11.8 Å². The average molecular weight is 276 g/mol. The zero-order valence-corrected chi connectivity index (χ0v) is 11.6. The Balaban J connectivity index is 1.99.